The number of imidazole rings is 1. The summed E-state index contributed by atoms with van der Waals surface area (Å²) in [6, 6.07) is 6.18. The second kappa shape index (κ2) is 6.47. The number of fused-ring (bicyclic) bond motifs is 3. The van der Waals surface area contributed by atoms with Crippen LogP contribution in [-0.2, 0) is 29.6 Å². The fourth-order valence-corrected chi connectivity index (χ4v) is 5.41. The maximum Gasteiger partial charge on any atom is 0.253 e. The van der Waals surface area contributed by atoms with Gasteiger partial charge in [0.2, 0.25) is 5.91 Å². The Kier molecular flexibility index (Phi) is 4.03. The number of nitrogens with zero attached hydrogens (tertiary/aromatic N) is 3. The van der Waals surface area contributed by atoms with E-state index in [2.05, 4.69) is 22.1 Å². The van der Waals surface area contributed by atoms with Gasteiger partial charge in [-0.25, -0.2) is 4.98 Å². The Morgan fingerprint density at radius 1 is 1.07 bits per heavy atom. The van der Waals surface area contributed by atoms with Crippen LogP contribution in [0.5, 0.6) is 0 Å². The molecule has 0 saturated carbocycles. The van der Waals surface area contributed by atoms with E-state index in [1.165, 1.54) is 17.5 Å². The number of rotatable bonds is 1. The fourth-order valence-electron chi connectivity index (χ4n) is 5.41. The first-order valence-corrected chi connectivity index (χ1v) is 10.3. The Hall–Kier alpha value is -2.63. The van der Waals surface area contributed by atoms with Crippen molar-refractivity contribution in [3.05, 3.63) is 52.6 Å². The third-order valence-electron chi connectivity index (χ3n) is 6.86. The Balaban J connectivity index is 1.38. The van der Waals surface area contributed by atoms with Crippen molar-refractivity contribution < 1.29 is 9.59 Å². The summed E-state index contributed by atoms with van der Waals surface area (Å²) in [5.41, 5.74) is 5.27. The fraction of sp³-hybridized carbons (Fsp3) is 0.500. The Morgan fingerprint density at radius 3 is 2.64 bits per heavy atom. The molecule has 1 spiro atoms. The van der Waals surface area contributed by atoms with Crippen LogP contribution >= 0.6 is 0 Å². The molecular weight excluding hydrogens is 352 g/mol. The molecule has 1 aromatic heterocycles. The predicted octanol–water partition coefficient (Wildman–Crippen LogP) is 2.43. The van der Waals surface area contributed by atoms with Crippen molar-refractivity contribution in [1.29, 1.82) is 0 Å². The number of carbonyl (C=O) groups excluding carboxylic acids is 2. The summed E-state index contributed by atoms with van der Waals surface area (Å²) in [6.45, 7) is 3.64. The quantitative estimate of drug-likeness (QED) is 0.829. The summed E-state index contributed by atoms with van der Waals surface area (Å²) in [6.07, 6.45) is 7.42. The van der Waals surface area contributed by atoms with Crippen LogP contribution in [0.4, 0.5) is 0 Å². The molecular formula is C22H26N4O2. The number of benzene rings is 1. The van der Waals surface area contributed by atoms with E-state index in [0.29, 0.717) is 19.6 Å². The highest BCUT2D eigenvalue weighted by Crippen LogP contribution is 2.42. The molecule has 6 heteroatoms. The van der Waals surface area contributed by atoms with Crippen LogP contribution in [0, 0.1) is 0 Å². The van der Waals surface area contributed by atoms with Crippen molar-refractivity contribution in [3.8, 4) is 0 Å². The normalized spacial score (nSPS) is 20.2. The maximum absolute atomic E-state index is 13.1. The van der Waals surface area contributed by atoms with E-state index in [1.54, 1.807) is 13.3 Å². The zero-order valence-corrected chi connectivity index (χ0v) is 16.3. The lowest BCUT2D eigenvalue weighted by Crippen LogP contribution is -2.58. The molecule has 6 nitrogen and oxygen atoms in total. The highest BCUT2D eigenvalue weighted by atomic mass is 16.2. The number of aromatic amines is 1. The molecule has 1 saturated heterocycles. The van der Waals surface area contributed by atoms with Crippen molar-refractivity contribution in [1.82, 2.24) is 19.8 Å². The van der Waals surface area contributed by atoms with E-state index in [9.17, 15) is 9.59 Å². The van der Waals surface area contributed by atoms with Crippen LogP contribution in [0.2, 0.25) is 0 Å². The van der Waals surface area contributed by atoms with E-state index in [0.717, 1.165) is 49.1 Å². The van der Waals surface area contributed by atoms with Gasteiger partial charge < -0.3 is 14.8 Å². The monoisotopic (exact) mass is 378 g/mol. The summed E-state index contributed by atoms with van der Waals surface area (Å²) in [5.74, 6) is 0.198. The van der Waals surface area contributed by atoms with Gasteiger partial charge in [0, 0.05) is 44.2 Å². The van der Waals surface area contributed by atoms with Gasteiger partial charge in [0.05, 0.1) is 17.6 Å². The highest BCUT2D eigenvalue weighted by molar-refractivity contribution is 5.94. The molecule has 1 N–H and O–H groups in total. The number of piperidine rings is 1. The number of amides is 2. The van der Waals surface area contributed by atoms with E-state index in [-0.39, 0.29) is 17.4 Å². The lowest BCUT2D eigenvalue weighted by atomic mass is 9.78. The highest BCUT2D eigenvalue weighted by Gasteiger charge is 2.48. The SMILES string of the molecule is CC(=O)N1CCc2[nH]cnc2C12CCN(C(=O)c1ccc3c(c1)CCC3)CC2. The van der Waals surface area contributed by atoms with Crippen molar-refractivity contribution in [2.24, 2.45) is 0 Å². The van der Waals surface area contributed by atoms with Crippen LogP contribution in [0.3, 0.4) is 0 Å². The lowest BCUT2D eigenvalue weighted by molar-refractivity contribution is -0.139. The minimum Gasteiger partial charge on any atom is -0.348 e. The number of aryl methyl sites for hydroxylation is 2. The average Bonchev–Trinajstić information content (AvgIpc) is 3.37. The van der Waals surface area contributed by atoms with Gasteiger partial charge in [-0.05, 0) is 55.4 Å². The molecule has 1 aliphatic carbocycles. The number of H-pyrrole nitrogens is 1. The molecule has 3 aliphatic rings. The van der Waals surface area contributed by atoms with Crippen LogP contribution < -0.4 is 0 Å². The molecule has 28 heavy (non-hydrogen) atoms. The Bertz CT molecular complexity index is 940. The lowest BCUT2D eigenvalue weighted by Gasteiger charge is -2.50. The van der Waals surface area contributed by atoms with E-state index < -0.39 is 0 Å². The van der Waals surface area contributed by atoms with Crippen molar-refractivity contribution in [3.63, 3.8) is 0 Å². The number of nitrogens with one attached hydrogen (secondary N) is 1. The Labute approximate surface area is 164 Å². The molecule has 146 valence electrons. The maximum atomic E-state index is 13.1. The molecule has 3 heterocycles. The number of hydrogen-bond donors (Lipinski definition) is 1. The third kappa shape index (κ3) is 2.58. The van der Waals surface area contributed by atoms with E-state index in [1.807, 2.05) is 15.9 Å². The molecule has 1 aromatic carbocycles. The molecule has 0 bridgehead atoms. The number of likely N-dealkylation sites (tertiary alicyclic amines) is 1. The molecule has 0 radical (unpaired) electrons. The zero-order chi connectivity index (χ0) is 19.3. The van der Waals surface area contributed by atoms with Gasteiger partial charge in [0.25, 0.3) is 5.91 Å². The molecule has 2 amide bonds. The molecule has 0 atom stereocenters. The topological polar surface area (TPSA) is 69.3 Å². The van der Waals surface area contributed by atoms with Gasteiger partial charge in [-0.15, -0.1) is 0 Å². The minimum atomic E-state index is -0.381. The summed E-state index contributed by atoms with van der Waals surface area (Å²) >= 11 is 0. The number of hydrogen-bond acceptors (Lipinski definition) is 3. The minimum absolute atomic E-state index is 0.0899. The molecule has 2 aromatic rings. The standard InChI is InChI=1S/C22H26N4O2/c1-15(27)26-10-7-19-20(24-14-23-19)22(26)8-11-25(12-9-22)21(28)18-6-5-16-3-2-4-17(16)13-18/h5-6,13-14H,2-4,7-12H2,1H3,(H,23,24). The van der Waals surface area contributed by atoms with Gasteiger partial charge in [0.15, 0.2) is 0 Å². The van der Waals surface area contributed by atoms with Gasteiger partial charge in [0.1, 0.15) is 0 Å². The predicted molar refractivity (Wildman–Crippen MR) is 105 cm³/mol. The largest absolute Gasteiger partial charge is 0.348 e. The molecule has 0 unspecified atom stereocenters. The number of carbonyl (C=O) groups is 2. The second-order valence-corrected chi connectivity index (χ2v) is 8.31. The zero-order valence-electron chi connectivity index (χ0n) is 16.3. The van der Waals surface area contributed by atoms with E-state index in [4.69, 9.17) is 0 Å². The summed E-state index contributed by atoms with van der Waals surface area (Å²) in [7, 11) is 0. The van der Waals surface area contributed by atoms with E-state index >= 15 is 0 Å². The second-order valence-electron chi connectivity index (χ2n) is 8.31. The van der Waals surface area contributed by atoms with Gasteiger partial charge >= 0.3 is 0 Å². The van der Waals surface area contributed by atoms with Crippen LogP contribution in [0.1, 0.15) is 59.1 Å². The summed E-state index contributed by atoms with van der Waals surface area (Å²) in [5, 5.41) is 0. The first-order chi connectivity index (χ1) is 13.6. The first-order valence-electron chi connectivity index (χ1n) is 10.3. The van der Waals surface area contributed by atoms with Crippen molar-refractivity contribution in [2.75, 3.05) is 19.6 Å². The summed E-state index contributed by atoms with van der Waals surface area (Å²) in [4.78, 5) is 37.2. The molecule has 5 rings (SSSR count). The number of aromatic nitrogens is 2. The first kappa shape index (κ1) is 17.5. The average molecular weight is 378 g/mol. The third-order valence-corrected chi connectivity index (χ3v) is 6.86. The molecule has 1 fully saturated rings. The Morgan fingerprint density at radius 2 is 1.86 bits per heavy atom. The van der Waals surface area contributed by atoms with Crippen LogP contribution in [0.25, 0.3) is 0 Å². The summed E-state index contributed by atoms with van der Waals surface area (Å²) < 4.78 is 0. The van der Waals surface area contributed by atoms with Gasteiger partial charge in [-0.2, -0.15) is 0 Å². The molecule has 2 aliphatic heterocycles. The smallest absolute Gasteiger partial charge is 0.253 e. The van der Waals surface area contributed by atoms with Crippen molar-refractivity contribution >= 4 is 11.8 Å². The van der Waals surface area contributed by atoms with Crippen LogP contribution in [0.15, 0.2) is 24.5 Å². The van der Waals surface area contributed by atoms with Crippen molar-refractivity contribution in [2.45, 2.75) is 51.0 Å². The van der Waals surface area contributed by atoms with Crippen LogP contribution in [-0.4, -0.2) is 51.2 Å². The van der Waals surface area contributed by atoms with Gasteiger partial charge in [-0.3, -0.25) is 9.59 Å². The van der Waals surface area contributed by atoms with Gasteiger partial charge in [-0.1, -0.05) is 6.07 Å².